The summed E-state index contributed by atoms with van der Waals surface area (Å²) in [6.07, 6.45) is 0. The average Bonchev–Trinajstić information content (AvgIpc) is 2.65. The molecule has 0 bridgehead atoms. The predicted molar refractivity (Wildman–Crippen MR) is 62.9 cm³/mol. The van der Waals surface area contributed by atoms with Gasteiger partial charge in [-0.3, -0.25) is 0 Å². The van der Waals surface area contributed by atoms with Crippen LogP contribution in [-0.4, -0.2) is 18.6 Å². The molecule has 74 valence electrons. The number of thioether (sulfide) groups is 1. The Morgan fingerprint density at radius 2 is 1.86 bits per heavy atom. The number of ether oxygens (including phenoxy) is 1. The molecular formula is C12H14OS. The summed E-state index contributed by atoms with van der Waals surface area (Å²) in [4.78, 5) is 0. The van der Waals surface area contributed by atoms with Crippen molar-refractivity contribution >= 4 is 17.3 Å². The fourth-order valence-corrected chi connectivity index (χ4v) is 2.84. The lowest BCUT2D eigenvalue weighted by molar-refractivity contribution is 0.415. The van der Waals surface area contributed by atoms with Gasteiger partial charge in [-0.15, -0.1) is 0 Å². The predicted octanol–water partition coefficient (Wildman–Crippen LogP) is 3.22. The van der Waals surface area contributed by atoms with E-state index < -0.39 is 0 Å². The number of methoxy groups -OCH3 is 1. The van der Waals surface area contributed by atoms with E-state index in [-0.39, 0.29) is 0 Å². The first-order chi connectivity index (χ1) is 6.81. The molecule has 0 atom stereocenters. The maximum atomic E-state index is 5.14. The quantitative estimate of drug-likeness (QED) is 0.734. The van der Waals surface area contributed by atoms with Gasteiger partial charge < -0.3 is 4.74 Å². The Morgan fingerprint density at radius 3 is 2.36 bits per heavy atom. The van der Waals surface area contributed by atoms with Crippen molar-refractivity contribution in [1.82, 2.24) is 0 Å². The molecule has 0 unspecified atom stereocenters. The van der Waals surface area contributed by atoms with E-state index in [0.29, 0.717) is 0 Å². The molecule has 0 N–H and O–H groups in total. The van der Waals surface area contributed by atoms with E-state index in [9.17, 15) is 0 Å². The highest BCUT2D eigenvalue weighted by Gasteiger charge is 2.12. The Hall–Kier alpha value is -0.890. The first-order valence-electron chi connectivity index (χ1n) is 4.72. The Kier molecular flexibility index (Phi) is 2.82. The van der Waals surface area contributed by atoms with Crippen molar-refractivity contribution in [1.29, 1.82) is 0 Å². The molecule has 0 radical (unpaired) electrons. The Morgan fingerprint density at radius 1 is 1.14 bits per heavy atom. The van der Waals surface area contributed by atoms with Gasteiger partial charge in [0.2, 0.25) is 0 Å². The van der Waals surface area contributed by atoms with Crippen molar-refractivity contribution in [2.45, 2.75) is 6.92 Å². The molecule has 1 aromatic rings. The zero-order chi connectivity index (χ0) is 9.97. The molecule has 1 nitrogen and oxygen atoms in total. The van der Waals surface area contributed by atoms with Gasteiger partial charge in [0.15, 0.2) is 0 Å². The van der Waals surface area contributed by atoms with Crippen molar-refractivity contribution < 1.29 is 4.74 Å². The summed E-state index contributed by atoms with van der Waals surface area (Å²) in [5, 5.41) is 0. The van der Waals surface area contributed by atoms with Crippen molar-refractivity contribution in [2.75, 3.05) is 18.6 Å². The lowest BCUT2D eigenvalue weighted by Gasteiger charge is -2.05. The summed E-state index contributed by atoms with van der Waals surface area (Å²) in [7, 11) is 1.70. The number of hydrogen-bond acceptors (Lipinski definition) is 2. The van der Waals surface area contributed by atoms with E-state index >= 15 is 0 Å². The van der Waals surface area contributed by atoms with Crippen LogP contribution in [0.15, 0.2) is 29.8 Å². The van der Waals surface area contributed by atoms with E-state index in [4.69, 9.17) is 4.74 Å². The molecule has 1 heterocycles. The highest BCUT2D eigenvalue weighted by molar-refractivity contribution is 8.00. The molecule has 14 heavy (non-hydrogen) atoms. The molecule has 2 rings (SSSR count). The van der Waals surface area contributed by atoms with Crippen LogP contribution in [0.2, 0.25) is 0 Å². The summed E-state index contributed by atoms with van der Waals surface area (Å²) < 4.78 is 5.14. The first kappa shape index (κ1) is 9.66. The molecule has 1 aromatic carbocycles. The SMILES string of the molecule is COc1ccc(C2=C(C)CSC2)cc1. The second-order valence-electron chi connectivity index (χ2n) is 3.48. The van der Waals surface area contributed by atoms with Gasteiger partial charge in [0.25, 0.3) is 0 Å². The second kappa shape index (κ2) is 4.09. The van der Waals surface area contributed by atoms with Crippen LogP contribution in [0.5, 0.6) is 5.75 Å². The van der Waals surface area contributed by atoms with Crippen molar-refractivity contribution in [3.05, 3.63) is 35.4 Å². The first-order valence-corrected chi connectivity index (χ1v) is 5.87. The fourth-order valence-electron chi connectivity index (χ4n) is 1.64. The van der Waals surface area contributed by atoms with Crippen LogP contribution in [0, 0.1) is 0 Å². The minimum atomic E-state index is 0.928. The zero-order valence-corrected chi connectivity index (χ0v) is 9.36. The third kappa shape index (κ3) is 1.80. The third-order valence-electron chi connectivity index (χ3n) is 2.52. The summed E-state index contributed by atoms with van der Waals surface area (Å²) in [5.41, 5.74) is 4.35. The monoisotopic (exact) mass is 206 g/mol. The standard InChI is InChI=1S/C12H14OS/c1-9-7-14-8-12(9)10-3-5-11(13-2)6-4-10/h3-6H,7-8H2,1-2H3. The number of hydrogen-bond donors (Lipinski definition) is 0. The van der Waals surface area contributed by atoms with Crippen LogP contribution in [0.25, 0.3) is 5.57 Å². The molecule has 0 saturated heterocycles. The smallest absolute Gasteiger partial charge is 0.118 e. The van der Waals surface area contributed by atoms with Crippen molar-refractivity contribution in [3.63, 3.8) is 0 Å². The summed E-state index contributed by atoms with van der Waals surface area (Å²) in [6.45, 7) is 2.22. The minimum absolute atomic E-state index is 0.928. The molecule has 1 aliphatic rings. The van der Waals surface area contributed by atoms with Gasteiger partial charge in [0, 0.05) is 11.5 Å². The molecule has 0 spiro atoms. The van der Waals surface area contributed by atoms with E-state index in [2.05, 4.69) is 19.1 Å². The van der Waals surface area contributed by atoms with Crippen molar-refractivity contribution in [2.24, 2.45) is 0 Å². The molecule has 0 amide bonds. The lowest BCUT2D eigenvalue weighted by Crippen LogP contribution is -1.87. The number of rotatable bonds is 2. The van der Waals surface area contributed by atoms with Gasteiger partial charge in [0.05, 0.1) is 7.11 Å². The van der Waals surface area contributed by atoms with E-state index in [0.717, 1.165) is 11.5 Å². The van der Waals surface area contributed by atoms with E-state index in [1.54, 1.807) is 7.11 Å². The van der Waals surface area contributed by atoms with Gasteiger partial charge in [0.1, 0.15) is 5.75 Å². The molecule has 0 saturated carbocycles. The maximum absolute atomic E-state index is 5.14. The molecule has 2 heteroatoms. The van der Waals surface area contributed by atoms with Crippen LogP contribution in [0.3, 0.4) is 0 Å². The fraction of sp³-hybridized carbons (Fsp3) is 0.333. The van der Waals surface area contributed by atoms with Crippen LogP contribution in [-0.2, 0) is 0 Å². The highest BCUT2D eigenvalue weighted by atomic mass is 32.2. The van der Waals surface area contributed by atoms with Gasteiger partial charge in [-0.05, 0) is 30.2 Å². The van der Waals surface area contributed by atoms with E-state index in [1.165, 1.54) is 22.5 Å². The van der Waals surface area contributed by atoms with E-state index in [1.807, 2.05) is 23.9 Å². The normalized spacial score (nSPS) is 16.1. The topological polar surface area (TPSA) is 9.23 Å². The molecule has 0 fully saturated rings. The summed E-state index contributed by atoms with van der Waals surface area (Å²) in [6, 6.07) is 8.34. The zero-order valence-electron chi connectivity index (χ0n) is 8.54. The van der Waals surface area contributed by atoms with Gasteiger partial charge in [-0.2, -0.15) is 11.8 Å². The Balaban J connectivity index is 2.29. The maximum Gasteiger partial charge on any atom is 0.118 e. The summed E-state index contributed by atoms with van der Waals surface area (Å²) in [5.74, 6) is 3.26. The van der Waals surface area contributed by atoms with Crippen molar-refractivity contribution in [3.8, 4) is 5.75 Å². The molecular weight excluding hydrogens is 192 g/mol. The average molecular weight is 206 g/mol. The van der Waals surface area contributed by atoms with Gasteiger partial charge in [-0.1, -0.05) is 17.7 Å². The molecule has 0 aromatic heterocycles. The molecule has 1 aliphatic heterocycles. The van der Waals surface area contributed by atoms with Crippen LogP contribution in [0.1, 0.15) is 12.5 Å². The Labute approximate surface area is 89.2 Å². The Bertz CT molecular complexity index is 351. The van der Waals surface area contributed by atoms with Gasteiger partial charge in [-0.25, -0.2) is 0 Å². The second-order valence-corrected chi connectivity index (χ2v) is 4.47. The number of benzene rings is 1. The largest absolute Gasteiger partial charge is 0.497 e. The third-order valence-corrected chi connectivity index (χ3v) is 3.65. The van der Waals surface area contributed by atoms with Gasteiger partial charge >= 0.3 is 0 Å². The lowest BCUT2D eigenvalue weighted by atomic mass is 10.0. The van der Waals surface area contributed by atoms with Crippen LogP contribution < -0.4 is 4.74 Å². The molecule has 0 aliphatic carbocycles. The highest BCUT2D eigenvalue weighted by Crippen LogP contribution is 2.32. The van der Waals surface area contributed by atoms with Crippen LogP contribution >= 0.6 is 11.8 Å². The van der Waals surface area contributed by atoms with Crippen LogP contribution in [0.4, 0.5) is 0 Å². The summed E-state index contributed by atoms with van der Waals surface area (Å²) >= 11 is 1.99. The minimum Gasteiger partial charge on any atom is -0.497 e.